The molecule has 1 heterocycles. The van der Waals surface area contributed by atoms with Crippen LogP contribution in [0.1, 0.15) is 17.5 Å². The SMILES string of the molecule is COC(=O)C1(c2ccccc2)CCN(CCc2ccccc2)C1. The van der Waals surface area contributed by atoms with Crippen molar-refractivity contribution in [2.24, 2.45) is 0 Å². The molecule has 0 amide bonds. The summed E-state index contributed by atoms with van der Waals surface area (Å²) in [6, 6.07) is 20.5. The molecule has 1 fully saturated rings. The fourth-order valence-corrected chi connectivity index (χ4v) is 3.48. The molecule has 1 unspecified atom stereocenters. The molecule has 0 radical (unpaired) electrons. The highest BCUT2D eigenvalue weighted by molar-refractivity contribution is 5.84. The molecule has 0 aromatic heterocycles. The minimum Gasteiger partial charge on any atom is -0.468 e. The quantitative estimate of drug-likeness (QED) is 0.795. The number of benzene rings is 2. The lowest BCUT2D eigenvalue weighted by atomic mass is 9.79. The molecule has 3 nitrogen and oxygen atoms in total. The molecular weight excluding hydrogens is 286 g/mol. The van der Waals surface area contributed by atoms with Crippen molar-refractivity contribution in [2.45, 2.75) is 18.3 Å². The van der Waals surface area contributed by atoms with Crippen molar-refractivity contribution in [1.29, 1.82) is 0 Å². The maximum atomic E-state index is 12.5. The number of hydrogen-bond acceptors (Lipinski definition) is 3. The average Bonchev–Trinajstić information content (AvgIpc) is 3.06. The van der Waals surface area contributed by atoms with Crippen LogP contribution >= 0.6 is 0 Å². The van der Waals surface area contributed by atoms with Gasteiger partial charge in [0.2, 0.25) is 0 Å². The third-order valence-electron chi connectivity index (χ3n) is 4.81. The molecule has 0 aliphatic carbocycles. The lowest BCUT2D eigenvalue weighted by molar-refractivity contribution is -0.147. The van der Waals surface area contributed by atoms with Gasteiger partial charge >= 0.3 is 5.97 Å². The number of ether oxygens (including phenoxy) is 1. The Kier molecular flexibility index (Phi) is 4.77. The number of nitrogens with zero attached hydrogens (tertiary/aromatic N) is 1. The molecule has 1 saturated heterocycles. The van der Waals surface area contributed by atoms with Crippen LogP contribution in [0.2, 0.25) is 0 Å². The molecular formula is C20H23NO2. The molecule has 2 aromatic rings. The first kappa shape index (κ1) is 15.8. The summed E-state index contributed by atoms with van der Waals surface area (Å²) in [7, 11) is 1.49. The third-order valence-corrected chi connectivity index (χ3v) is 4.81. The van der Waals surface area contributed by atoms with Crippen LogP contribution in [0.15, 0.2) is 60.7 Å². The molecule has 3 rings (SSSR count). The Morgan fingerprint density at radius 3 is 2.39 bits per heavy atom. The summed E-state index contributed by atoms with van der Waals surface area (Å²) in [5.41, 5.74) is 1.88. The molecule has 1 atom stereocenters. The van der Waals surface area contributed by atoms with Gasteiger partial charge in [0.1, 0.15) is 5.41 Å². The number of methoxy groups -OCH3 is 1. The topological polar surface area (TPSA) is 29.5 Å². The van der Waals surface area contributed by atoms with Crippen LogP contribution < -0.4 is 0 Å². The van der Waals surface area contributed by atoms with Gasteiger partial charge in [0.25, 0.3) is 0 Å². The number of esters is 1. The highest BCUT2D eigenvalue weighted by Crippen LogP contribution is 2.35. The summed E-state index contributed by atoms with van der Waals surface area (Å²) in [5.74, 6) is -0.120. The van der Waals surface area contributed by atoms with Crippen molar-refractivity contribution in [3.63, 3.8) is 0 Å². The summed E-state index contributed by atoms with van der Waals surface area (Å²) in [5, 5.41) is 0. The van der Waals surface area contributed by atoms with Crippen LogP contribution in [0.25, 0.3) is 0 Å². The molecule has 1 aliphatic rings. The average molecular weight is 309 g/mol. The van der Waals surface area contributed by atoms with E-state index in [0.29, 0.717) is 0 Å². The number of likely N-dealkylation sites (tertiary alicyclic amines) is 1. The van der Waals surface area contributed by atoms with Gasteiger partial charge in [-0.3, -0.25) is 4.79 Å². The number of rotatable bonds is 5. The van der Waals surface area contributed by atoms with Crippen LogP contribution in [0.4, 0.5) is 0 Å². The Labute approximate surface area is 137 Å². The summed E-state index contributed by atoms with van der Waals surface area (Å²) in [6.45, 7) is 2.63. The molecule has 0 bridgehead atoms. The Morgan fingerprint density at radius 2 is 1.74 bits per heavy atom. The first-order chi connectivity index (χ1) is 11.2. The van der Waals surface area contributed by atoms with Crippen LogP contribution in [0, 0.1) is 0 Å². The number of carbonyl (C=O) groups is 1. The van der Waals surface area contributed by atoms with Gasteiger partial charge in [0.05, 0.1) is 7.11 Å². The Bertz CT molecular complexity index is 641. The van der Waals surface area contributed by atoms with E-state index in [0.717, 1.165) is 38.0 Å². The fourth-order valence-electron chi connectivity index (χ4n) is 3.48. The fraction of sp³-hybridized carbons (Fsp3) is 0.350. The highest BCUT2D eigenvalue weighted by Gasteiger charge is 2.46. The van der Waals surface area contributed by atoms with Gasteiger partial charge in [-0.25, -0.2) is 0 Å². The molecule has 3 heteroatoms. The van der Waals surface area contributed by atoms with Gasteiger partial charge in [-0.1, -0.05) is 60.7 Å². The minimum absolute atomic E-state index is 0.120. The second kappa shape index (κ2) is 6.97. The summed E-state index contributed by atoms with van der Waals surface area (Å²) < 4.78 is 5.14. The molecule has 120 valence electrons. The van der Waals surface area contributed by atoms with E-state index in [1.54, 1.807) is 0 Å². The van der Waals surface area contributed by atoms with E-state index >= 15 is 0 Å². The Hall–Kier alpha value is -2.13. The Balaban J connectivity index is 1.72. The van der Waals surface area contributed by atoms with Gasteiger partial charge in [-0.2, -0.15) is 0 Å². The molecule has 1 aliphatic heterocycles. The van der Waals surface area contributed by atoms with Crippen molar-refractivity contribution < 1.29 is 9.53 Å². The van der Waals surface area contributed by atoms with E-state index in [9.17, 15) is 4.79 Å². The molecule has 0 spiro atoms. The third kappa shape index (κ3) is 3.30. The standard InChI is InChI=1S/C20H23NO2/c1-23-19(22)20(18-10-6-3-7-11-18)13-15-21(16-20)14-12-17-8-4-2-5-9-17/h2-11H,12-16H2,1H3. The number of hydrogen-bond donors (Lipinski definition) is 0. The van der Waals surface area contributed by atoms with Crippen molar-refractivity contribution in [3.8, 4) is 0 Å². The zero-order valence-corrected chi connectivity index (χ0v) is 13.6. The van der Waals surface area contributed by atoms with Crippen molar-refractivity contribution in [3.05, 3.63) is 71.8 Å². The van der Waals surface area contributed by atoms with E-state index in [-0.39, 0.29) is 5.97 Å². The lowest BCUT2D eigenvalue weighted by Crippen LogP contribution is -2.40. The van der Waals surface area contributed by atoms with E-state index in [2.05, 4.69) is 29.2 Å². The van der Waals surface area contributed by atoms with E-state index in [1.165, 1.54) is 12.7 Å². The maximum absolute atomic E-state index is 12.5. The second-order valence-electron chi connectivity index (χ2n) is 6.20. The monoisotopic (exact) mass is 309 g/mol. The summed E-state index contributed by atoms with van der Waals surface area (Å²) in [4.78, 5) is 14.9. The van der Waals surface area contributed by atoms with Gasteiger partial charge in [-0.05, 0) is 30.5 Å². The maximum Gasteiger partial charge on any atom is 0.317 e. The van der Waals surface area contributed by atoms with Gasteiger partial charge < -0.3 is 9.64 Å². The largest absolute Gasteiger partial charge is 0.468 e. The van der Waals surface area contributed by atoms with Crippen molar-refractivity contribution in [2.75, 3.05) is 26.7 Å². The van der Waals surface area contributed by atoms with Crippen molar-refractivity contribution >= 4 is 5.97 Å². The molecule has 2 aromatic carbocycles. The van der Waals surface area contributed by atoms with Gasteiger partial charge in [-0.15, -0.1) is 0 Å². The molecule has 0 N–H and O–H groups in total. The normalized spacial score (nSPS) is 21.3. The molecule has 0 saturated carbocycles. The molecule has 23 heavy (non-hydrogen) atoms. The van der Waals surface area contributed by atoms with E-state index in [1.807, 2.05) is 36.4 Å². The zero-order chi connectivity index (χ0) is 16.1. The van der Waals surface area contributed by atoms with Crippen LogP contribution in [-0.2, 0) is 21.4 Å². The smallest absolute Gasteiger partial charge is 0.317 e. The lowest BCUT2D eigenvalue weighted by Gasteiger charge is -2.27. The summed E-state index contributed by atoms with van der Waals surface area (Å²) in [6.07, 6.45) is 1.82. The highest BCUT2D eigenvalue weighted by atomic mass is 16.5. The second-order valence-corrected chi connectivity index (χ2v) is 6.20. The Morgan fingerprint density at radius 1 is 1.09 bits per heavy atom. The van der Waals surface area contributed by atoms with Crippen LogP contribution in [0.3, 0.4) is 0 Å². The first-order valence-corrected chi connectivity index (χ1v) is 8.15. The van der Waals surface area contributed by atoms with E-state index < -0.39 is 5.41 Å². The number of carbonyl (C=O) groups excluding carboxylic acids is 1. The van der Waals surface area contributed by atoms with Gasteiger partial charge in [0, 0.05) is 13.1 Å². The predicted molar refractivity (Wildman–Crippen MR) is 91.3 cm³/mol. The van der Waals surface area contributed by atoms with Crippen LogP contribution in [0.5, 0.6) is 0 Å². The predicted octanol–water partition coefficient (Wildman–Crippen LogP) is 3.05. The van der Waals surface area contributed by atoms with E-state index in [4.69, 9.17) is 4.74 Å². The van der Waals surface area contributed by atoms with Crippen LogP contribution in [-0.4, -0.2) is 37.6 Å². The van der Waals surface area contributed by atoms with Gasteiger partial charge in [0.15, 0.2) is 0 Å². The minimum atomic E-state index is -0.521. The summed E-state index contributed by atoms with van der Waals surface area (Å²) >= 11 is 0. The van der Waals surface area contributed by atoms with Crippen molar-refractivity contribution in [1.82, 2.24) is 4.90 Å². The zero-order valence-electron chi connectivity index (χ0n) is 13.6. The first-order valence-electron chi connectivity index (χ1n) is 8.15.